The lowest BCUT2D eigenvalue weighted by atomic mass is 10.1. The second kappa shape index (κ2) is 8.67. The number of hydrogen-bond acceptors (Lipinski definition) is 4. The number of Topliss-reactive ketones (excluding diaryl/α,β-unsaturated/α-hetero) is 1. The molecule has 5 nitrogen and oxygen atoms in total. The molecule has 1 rings (SSSR count). The van der Waals surface area contributed by atoms with Crippen LogP contribution in [0.4, 0.5) is 0 Å². The fraction of sp³-hybridized carbons (Fsp3) is 0.294. The number of carbonyl (C=O) groups excluding carboxylic acids is 2. The molecule has 0 N–H and O–H groups in total. The third kappa shape index (κ3) is 4.77. The summed E-state index contributed by atoms with van der Waals surface area (Å²) in [6.45, 7) is 9.31. The minimum Gasteiger partial charge on any atom is -0.497 e. The van der Waals surface area contributed by atoms with Crippen molar-refractivity contribution in [2.45, 2.75) is 6.92 Å². The normalized spacial score (nSPS) is 9.73. The number of amides is 1. The second-order valence-electron chi connectivity index (χ2n) is 4.58. The first-order valence-corrected chi connectivity index (χ1v) is 6.84. The molecule has 0 saturated heterocycles. The molecule has 0 bridgehead atoms. The van der Waals surface area contributed by atoms with Gasteiger partial charge in [0.2, 0.25) is 0 Å². The van der Waals surface area contributed by atoms with E-state index < -0.39 is 0 Å². The Balaban J connectivity index is 2.85. The molecule has 1 amide bonds. The quantitative estimate of drug-likeness (QED) is 0.519. The van der Waals surface area contributed by atoms with Crippen LogP contribution < -0.4 is 9.47 Å². The highest BCUT2D eigenvalue weighted by molar-refractivity contribution is 5.97. The number of rotatable bonds is 9. The number of nitrogens with zero attached hydrogens (tertiary/aromatic N) is 1. The topological polar surface area (TPSA) is 55.8 Å². The summed E-state index contributed by atoms with van der Waals surface area (Å²) in [7, 11) is 1.52. The molecule has 0 saturated carbocycles. The summed E-state index contributed by atoms with van der Waals surface area (Å²) in [5.41, 5.74) is 0.410. The number of benzene rings is 1. The van der Waals surface area contributed by atoms with Crippen molar-refractivity contribution in [2.24, 2.45) is 0 Å². The van der Waals surface area contributed by atoms with Gasteiger partial charge in [0.1, 0.15) is 11.5 Å². The predicted octanol–water partition coefficient (Wildman–Crippen LogP) is 2.48. The first-order valence-electron chi connectivity index (χ1n) is 6.84. The van der Waals surface area contributed by atoms with Gasteiger partial charge >= 0.3 is 0 Å². The molecule has 0 heterocycles. The van der Waals surface area contributed by atoms with Crippen molar-refractivity contribution in [1.82, 2.24) is 4.90 Å². The summed E-state index contributed by atoms with van der Waals surface area (Å²) in [4.78, 5) is 25.3. The summed E-state index contributed by atoms with van der Waals surface area (Å²) in [6, 6.07) is 4.88. The second-order valence-corrected chi connectivity index (χ2v) is 4.58. The highest BCUT2D eigenvalue weighted by Gasteiger charge is 2.15. The summed E-state index contributed by atoms with van der Waals surface area (Å²) in [6.07, 6.45) is 3.27. The summed E-state index contributed by atoms with van der Waals surface area (Å²) in [5.74, 6) is 0.537. The van der Waals surface area contributed by atoms with Crippen LogP contribution in [0.5, 0.6) is 11.5 Å². The lowest BCUT2D eigenvalue weighted by Crippen LogP contribution is -2.35. The van der Waals surface area contributed by atoms with Crippen LogP contribution in [0, 0.1) is 0 Å². The van der Waals surface area contributed by atoms with Gasteiger partial charge in [0.25, 0.3) is 5.91 Å². The van der Waals surface area contributed by atoms with Gasteiger partial charge in [-0.15, -0.1) is 13.2 Å². The van der Waals surface area contributed by atoms with Gasteiger partial charge in [-0.05, 0) is 19.1 Å². The molecular weight excluding hydrogens is 282 g/mol. The molecule has 0 radical (unpaired) electrons. The number of hydrogen-bond donors (Lipinski definition) is 0. The summed E-state index contributed by atoms with van der Waals surface area (Å²) < 4.78 is 10.6. The van der Waals surface area contributed by atoms with Crippen molar-refractivity contribution in [3.63, 3.8) is 0 Å². The van der Waals surface area contributed by atoms with Crippen molar-refractivity contribution in [1.29, 1.82) is 0 Å². The van der Waals surface area contributed by atoms with Crippen molar-refractivity contribution in [2.75, 3.05) is 26.8 Å². The molecule has 0 aliphatic carbocycles. The first kappa shape index (κ1) is 17.5. The molecule has 0 aliphatic heterocycles. The van der Waals surface area contributed by atoms with E-state index in [-0.39, 0.29) is 18.3 Å². The standard InChI is InChI=1S/C17H21NO4/c1-5-9-18(10-6-2)17(20)12-22-16-11-14(21-4)7-8-15(16)13(3)19/h5-8,11H,1-2,9-10,12H2,3-4H3. The van der Waals surface area contributed by atoms with E-state index in [4.69, 9.17) is 9.47 Å². The van der Waals surface area contributed by atoms with Gasteiger partial charge in [0, 0.05) is 19.2 Å². The van der Waals surface area contributed by atoms with Gasteiger partial charge in [-0.3, -0.25) is 9.59 Å². The van der Waals surface area contributed by atoms with Crippen LogP contribution in [-0.4, -0.2) is 43.4 Å². The molecule has 0 aliphatic rings. The Labute approximate surface area is 130 Å². The average Bonchev–Trinajstić information content (AvgIpc) is 2.51. The van der Waals surface area contributed by atoms with Crippen molar-refractivity contribution in [3.05, 3.63) is 49.1 Å². The largest absolute Gasteiger partial charge is 0.497 e. The van der Waals surface area contributed by atoms with E-state index in [1.54, 1.807) is 35.3 Å². The third-order valence-electron chi connectivity index (χ3n) is 2.97. The van der Waals surface area contributed by atoms with Gasteiger partial charge in [0.15, 0.2) is 12.4 Å². The minimum atomic E-state index is -0.211. The lowest BCUT2D eigenvalue weighted by molar-refractivity contribution is -0.132. The van der Waals surface area contributed by atoms with Crippen LogP contribution >= 0.6 is 0 Å². The van der Waals surface area contributed by atoms with E-state index in [2.05, 4.69) is 13.2 Å². The zero-order valence-corrected chi connectivity index (χ0v) is 13.0. The van der Waals surface area contributed by atoms with E-state index in [1.807, 2.05) is 0 Å². The van der Waals surface area contributed by atoms with E-state index in [9.17, 15) is 9.59 Å². The lowest BCUT2D eigenvalue weighted by Gasteiger charge is -2.20. The van der Waals surface area contributed by atoms with Crippen molar-refractivity contribution < 1.29 is 19.1 Å². The average molecular weight is 303 g/mol. The van der Waals surface area contributed by atoms with Crippen LogP contribution in [0.3, 0.4) is 0 Å². The van der Waals surface area contributed by atoms with E-state index in [0.29, 0.717) is 30.2 Å². The van der Waals surface area contributed by atoms with Gasteiger partial charge < -0.3 is 14.4 Å². The molecule has 118 valence electrons. The Kier molecular flexibility index (Phi) is 6.89. The highest BCUT2D eigenvalue weighted by atomic mass is 16.5. The number of carbonyl (C=O) groups is 2. The molecule has 1 aromatic rings. The molecule has 5 heteroatoms. The van der Waals surface area contributed by atoms with E-state index in [1.165, 1.54) is 14.0 Å². The van der Waals surface area contributed by atoms with Crippen LogP contribution in [0.15, 0.2) is 43.5 Å². The molecule has 0 aromatic heterocycles. The molecule has 1 aromatic carbocycles. The fourth-order valence-electron chi connectivity index (χ4n) is 1.86. The monoisotopic (exact) mass is 303 g/mol. The summed E-state index contributed by atoms with van der Waals surface area (Å²) >= 11 is 0. The van der Waals surface area contributed by atoms with Crippen molar-refractivity contribution >= 4 is 11.7 Å². The molecule has 0 spiro atoms. The Morgan fingerprint density at radius 2 is 1.86 bits per heavy atom. The molecule has 22 heavy (non-hydrogen) atoms. The van der Waals surface area contributed by atoms with E-state index in [0.717, 1.165) is 0 Å². The van der Waals surface area contributed by atoms with Crippen molar-refractivity contribution in [3.8, 4) is 11.5 Å². The Hall–Kier alpha value is -2.56. The number of methoxy groups -OCH3 is 1. The van der Waals surface area contributed by atoms with Gasteiger partial charge in [-0.2, -0.15) is 0 Å². The van der Waals surface area contributed by atoms with Gasteiger partial charge in [0.05, 0.1) is 12.7 Å². The fourth-order valence-corrected chi connectivity index (χ4v) is 1.86. The Morgan fingerprint density at radius 3 is 2.36 bits per heavy atom. The van der Waals surface area contributed by atoms with Crippen LogP contribution in [0.25, 0.3) is 0 Å². The van der Waals surface area contributed by atoms with Gasteiger partial charge in [-0.25, -0.2) is 0 Å². The zero-order valence-electron chi connectivity index (χ0n) is 13.0. The highest BCUT2D eigenvalue weighted by Crippen LogP contribution is 2.25. The predicted molar refractivity (Wildman–Crippen MR) is 85.5 cm³/mol. The molecular formula is C17H21NO4. The molecule has 0 fully saturated rings. The van der Waals surface area contributed by atoms with Crippen LogP contribution in [0.1, 0.15) is 17.3 Å². The molecule has 0 unspecified atom stereocenters. The molecule has 0 atom stereocenters. The Morgan fingerprint density at radius 1 is 1.23 bits per heavy atom. The maximum Gasteiger partial charge on any atom is 0.261 e. The zero-order chi connectivity index (χ0) is 16.5. The van der Waals surface area contributed by atoms with Crippen LogP contribution in [-0.2, 0) is 4.79 Å². The minimum absolute atomic E-state index is 0.140. The number of ether oxygens (including phenoxy) is 2. The smallest absolute Gasteiger partial charge is 0.261 e. The Bertz CT molecular complexity index is 556. The third-order valence-corrected chi connectivity index (χ3v) is 2.97. The number of ketones is 1. The van der Waals surface area contributed by atoms with Gasteiger partial charge in [-0.1, -0.05) is 12.2 Å². The SMILES string of the molecule is C=CCN(CC=C)C(=O)COc1cc(OC)ccc1C(C)=O. The van der Waals surface area contributed by atoms with E-state index >= 15 is 0 Å². The first-order chi connectivity index (χ1) is 10.5. The maximum absolute atomic E-state index is 12.1. The summed E-state index contributed by atoms with van der Waals surface area (Å²) in [5, 5.41) is 0. The maximum atomic E-state index is 12.1. The van der Waals surface area contributed by atoms with Crippen LogP contribution in [0.2, 0.25) is 0 Å².